The Balaban J connectivity index is 2.02. The molecule has 1 unspecified atom stereocenters. The molecule has 3 N–H and O–H groups in total. The van der Waals surface area contributed by atoms with E-state index >= 15 is 0 Å². The zero-order valence-electron chi connectivity index (χ0n) is 9.65. The lowest BCUT2D eigenvalue weighted by atomic mass is 9.63. The average Bonchev–Trinajstić information content (AvgIpc) is 2.16. The van der Waals surface area contributed by atoms with Gasteiger partial charge in [0.05, 0.1) is 19.6 Å². The fourth-order valence-electron chi connectivity index (χ4n) is 3.16. The molecular formula is C12H21NO3. The second-order valence-corrected chi connectivity index (χ2v) is 5.27. The molecule has 0 aromatic heterocycles. The summed E-state index contributed by atoms with van der Waals surface area (Å²) in [6.45, 7) is 1.32. The summed E-state index contributed by atoms with van der Waals surface area (Å²) in [7, 11) is 0. The minimum atomic E-state index is -0.797. The molecule has 92 valence electrons. The molecule has 4 nitrogen and oxygen atoms in total. The topological polar surface area (TPSA) is 72.6 Å². The fourth-order valence-corrected chi connectivity index (χ4v) is 3.16. The molecule has 2 fully saturated rings. The van der Waals surface area contributed by atoms with Crippen molar-refractivity contribution in [1.82, 2.24) is 0 Å². The first kappa shape index (κ1) is 11.9. The standard InChI is InChI=1S/C12H21NO3/c13-10(6-11(14)15)12(7-16-8-12)9-4-2-1-3-5-9/h9-10H,1-8,13H2,(H,14,15). The third kappa shape index (κ3) is 2.09. The second-order valence-electron chi connectivity index (χ2n) is 5.27. The fraction of sp³-hybridized carbons (Fsp3) is 0.917. The Hall–Kier alpha value is -0.610. The second kappa shape index (κ2) is 4.72. The molecule has 0 bridgehead atoms. The summed E-state index contributed by atoms with van der Waals surface area (Å²) >= 11 is 0. The molecule has 0 aromatic carbocycles. The maximum absolute atomic E-state index is 10.8. The Kier molecular flexibility index (Phi) is 3.50. The van der Waals surface area contributed by atoms with Gasteiger partial charge in [-0.3, -0.25) is 4.79 Å². The van der Waals surface area contributed by atoms with E-state index in [4.69, 9.17) is 15.6 Å². The van der Waals surface area contributed by atoms with Crippen molar-refractivity contribution < 1.29 is 14.6 Å². The monoisotopic (exact) mass is 227 g/mol. The third-order valence-electron chi connectivity index (χ3n) is 4.29. The van der Waals surface area contributed by atoms with Crippen LogP contribution in [0.1, 0.15) is 38.5 Å². The highest BCUT2D eigenvalue weighted by Crippen LogP contribution is 2.46. The molecule has 16 heavy (non-hydrogen) atoms. The molecule has 0 aromatic rings. The van der Waals surface area contributed by atoms with E-state index in [2.05, 4.69) is 0 Å². The van der Waals surface area contributed by atoms with Crippen molar-refractivity contribution in [1.29, 1.82) is 0 Å². The summed E-state index contributed by atoms with van der Waals surface area (Å²) in [6.07, 6.45) is 6.27. The van der Waals surface area contributed by atoms with Gasteiger partial charge in [0.2, 0.25) is 0 Å². The molecule has 1 saturated heterocycles. The maximum atomic E-state index is 10.8. The van der Waals surface area contributed by atoms with Gasteiger partial charge in [-0.15, -0.1) is 0 Å². The molecular weight excluding hydrogens is 206 g/mol. The van der Waals surface area contributed by atoms with Crippen LogP contribution in [0.15, 0.2) is 0 Å². The van der Waals surface area contributed by atoms with Gasteiger partial charge in [0.15, 0.2) is 0 Å². The smallest absolute Gasteiger partial charge is 0.304 e. The zero-order valence-corrected chi connectivity index (χ0v) is 9.65. The summed E-state index contributed by atoms with van der Waals surface area (Å²) in [4.78, 5) is 10.8. The largest absolute Gasteiger partial charge is 0.481 e. The van der Waals surface area contributed by atoms with Crippen molar-refractivity contribution in [2.45, 2.75) is 44.6 Å². The summed E-state index contributed by atoms with van der Waals surface area (Å²) in [5.41, 5.74) is 6.04. The maximum Gasteiger partial charge on any atom is 0.304 e. The van der Waals surface area contributed by atoms with Crippen molar-refractivity contribution >= 4 is 5.97 Å². The number of ether oxygens (including phenoxy) is 1. The molecule has 4 heteroatoms. The van der Waals surface area contributed by atoms with Crippen molar-refractivity contribution in [2.75, 3.05) is 13.2 Å². The van der Waals surface area contributed by atoms with Crippen LogP contribution in [0.4, 0.5) is 0 Å². The highest BCUT2D eigenvalue weighted by Gasteiger charge is 2.50. The molecule has 1 atom stereocenters. The van der Waals surface area contributed by atoms with Crippen LogP contribution in [0.5, 0.6) is 0 Å². The van der Waals surface area contributed by atoms with Gasteiger partial charge in [0, 0.05) is 11.5 Å². The van der Waals surface area contributed by atoms with Crippen LogP contribution >= 0.6 is 0 Å². The first-order chi connectivity index (χ1) is 7.65. The summed E-state index contributed by atoms with van der Waals surface area (Å²) in [6, 6.07) is -0.248. The summed E-state index contributed by atoms with van der Waals surface area (Å²) in [5, 5.41) is 8.84. The Morgan fingerprint density at radius 3 is 2.44 bits per heavy atom. The van der Waals surface area contributed by atoms with Gasteiger partial charge in [0.1, 0.15) is 0 Å². The van der Waals surface area contributed by atoms with E-state index in [9.17, 15) is 4.79 Å². The normalized spacial score (nSPS) is 27.1. The highest BCUT2D eigenvalue weighted by atomic mass is 16.5. The molecule has 0 spiro atoms. The Morgan fingerprint density at radius 1 is 1.38 bits per heavy atom. The van der Waals surface area contributed by atoms with Crippen molar-refractivity contribution in [2.24, 2.45) is 17.1 Å². The predicted molar refractivity (Wildman–Crippen MR) is 60.1 cm³/mol. The molecule has 1 heterocycles. The van der Waals surface area contributed by atoms with Gasteiger partial charge in [-0.25, -0.2) is 0 Å². The van der Waals surface area contributed by atoms with E-state index in [-0.39, 0.29) is 17.9 Å². The molecule has 2 aliphatic rings. The van der Waals surface area contributed by atoms with E-state index in [1.807, 2.05) is 0 Å². The van der Waals surface area contributed by atoms with Gasteiger partial charge in [-0.1, -0.05) is 19.3 Å². The first-order valence-electron chi connectivity index (χ1n) is 6.20. The molecule has 0 amide bonds. The lowest BCUT2D eigenvalue weighted by Crippen LogP contribution is -2.60. The van der Waals surface area contributed by atoms with Crippen LogP contribution in [0, 0.1) is 11.3 Å². The van der Waals surface area contributed by atoms with E-state index in [1.54, 1.807) is 0 Å². The number of carboxylic acid groups (broad SMARTS) is 1. The highest BCUT2D eigenvalue weighted by molar-refractivity contribution is 5.67. The van der Waals surface area contributed by atoms with Crippen LogP contribution in [0.2, 0.25) is 0 Å². The van der Waals surface area contributed by atoms with Crippen molar-refractivity contribution in [3.63, 3.8) is 0 Å². The third-order valence-corrected chi connectivity index (χ3v) is 4.29. The number of nitrogens with two attached hydrogens (primary N) is 1. The number of carboxylic acids is 1. The van der Waals surface area contributed by atoms with Gasteiger partial charge in [-0.2, -0.15) is 0 Å². The van der Waals surface area contributed by atoms with Crippen molar-refractivity contribution in [3.8, 4) is 0 Å². The number of carbonyl (C=O) groups is 1. The lowest BCUT2D eigenvalue weighted by Gasteiger charge is -2.51. The van der Waals surface area contributed by atoms with Crippen LogP contribution in [0.25, 0.3) is 0 Å². The number of aliphatic carboxylic acids is 1. The summed E-state index contributed by atoms with van der Waals surface area (Å²) in [5.74, 6) is -0.223. The molecule has 1 aliphatic heterocycles. The van der Waals surface area contributed by atoms with E-state index < -0.39 is 5.97 Å². The quantitative estimate of drug-likeness (QED) is 0.761. The van der Waals surface area contributed by atoms with Crippen LogP contribution in [-0.2, 0) is 9.53 Å². The van der Waals surface area contributed by atoms with Crippen LogP contribution in [0.3, 0.4) is 0 Å². The van der Waals surface area contributed by atoms with Gasteiger partial charge >= 0.3 is 5.97 Å². The Bertz CT molecular complexity index is 257. The van der Waals surface area contributed by atoms with Gasteiger partial charge in [-0.05, 0) is 18.8 Å². The Labute approximate surface area is 96.2 Å². The van der Waals surface area contributed by atoms with E-state index in [1.165, 1.54) is 32.1 Å². The number of rotatable bonds is 4. The number of hydrogen-bond donors (Lipinski definition) is 2. The van der Waals surface area contributed by atoms with E-state index in [0.29, 0.717) is 19.1 Å². The average molecular weight is 227 g/mol. The molecule has 2 rings (SSSR count). The Morgan fingerprint density at radius 2 is 2.00 bits per heavy atom. The van der Waals surface area contributed by atoms with Gasteiger partial charge < -0.3 is 15.6 Å². The van der Waals surface area contributed by atoms with Gasteiger partial charge in [0.25, 0.3) is 0 Å². The summed E-state index contributed by atoms with van der Waals surface area (Å²) < 4.78 is 5.32. The van der Waals surface area contributed by atoms with Crippen molar-refractivity contribution in [3.05, 3.63) is 0 Å². The minimum absolute atomic E-state index is 0.0428. The first-order valence-corrected chi connectivity index (χ1v) is 6.20. The predicted octanol–water partition coefficient (Wildman–Crippen LogP) is 1.39. The zero-order chi connectivity index (χ0) is 11.6. The van der Waals surface area contributed by atoms with Crippen LogP contribution < -0.4 is 5.73 Å². The molecule has 0 radical (unpaired) electrons. The minimum Gasteiger partial charge on any atom is -0.481 e. The lowest BCUT2D eigenvalue weighted by molar-refractivity contribution is -0.171. The van der Waals surface area contributed by atoms with E-state index in [0.717, 1.165) is 0 Å². The number of hydrogen-bond acceptors (Lipinski definition) is 3. The molecule has 1 saturated carbocycles. The molecule has 1 aliphatic carbocycles. The van der Waals surface area contributed by atoms with Crippen LogP contribution in [-0.4, -0.2) is 30.3 Å². The SMILES string of the molecule is NC(CC(=O)O)C1(C2CCCCC2)COC1.